The van der Waals surface area contributed by atoms with E-state index in [1.165, 1.54) is 0 Å². The predicted octanol–water partition coefficient (Wildman–Crippen LogP) is 4.76. The minimum absolute atomic E-state index is 0.0636. The van der Waals surface area contributed by atoms with Crippen molar-refractivity contribution in [1.82, 2.24) is 9.88 Å². The molecule has 0 radical (unpaired) electrons. The summed E-state index contributed by atoms with van der Waals surface area (Å²) in [5.41, 5.74) is 1.93. The fourth-order valence-electron chi connectivity index (χ4n) is 4.36. The smallest absolute Gasteiger partial charge is 0.233 e. The van der Waals surface area contributed by atoms with E-state index in [1.807, 2.05) is 54.3 Å². The fourth-order valence-corrected chi connectivity index (χ4v) is 5.40. The number of fused-ring (bicyclic) bond motifs is 2. The number of benzene rings is 3. The van der Waals surface area contributed by atoms with Crippen molar-refractivity contribution in [3.8, 4) is 5.75 Å². The third-order valence-electron chi connectivity index (χ3n) is 6.16. The minimum atomic E-state index is 0.0636. The zero-order valence-corrected chi connectivity index (χ0v) is 20.2. The molecule has 1 aliphatic heterocycles. The predicted molar refractivity (Wildman–Crippen MR) is 138 cm³/mol. The molecule has 1 saturated heterocycles. The number of nitrogens with zero attached hydrogens (tertiary/aromatic N) is 3. The molecule has 0 atom stereocenters. The van der Waals surface area contributed by atoms with Crippen LogP contribution in [-0.2, 0) is 16.0 Å². The van der Waals surface area contributed by atoms with E-state index in [2.05, 4.69) is 23.1 Å². The van der Waals surface area contributed by atoms with E-state index in [1.54, 1.807) is 11.3 Å². The molecule has 0 spiro atoms. The monoisotopic (exact) mass is 475 g/mol. The van der Waals surface area contributed by atoms with Gasteiger partial charge in [-0.15, -0.1) is 0 Å². The normalized spacial score (nSPS) is 14.5. The first-order valence-electron chi connectivity index (χ1n) is 11.8. The molecule has 4 aromatic rings. The van der Waals surface area contributed by atoms with Crippen LogP contribution in [0, 0.1) is 0 Å². The maximum atomic E-state index is 13.7. The first-order chi connectivity index (χ1) is 16.7. The van der Waals surface area contributed by atoms with E-state index < -0.39 is 0 Å². The number of ether oxygens (including phenoxy) is 2. The molecule has 34 heavy (non-hydrogen) atoms. The van der Waals surface area contributed by atoms with Crippen LogP contribution in [-0.4, -0.2) is 61.8 Å². The van der Waals surface area contributed by atoms with Crippen LogP contribution in [0.4, 0.5) is 5.13 Å². The van der Waals surface area contributed by atoms with E-state index in [0.29, 0.717) is 19.6 Å². The van der Waals surface area contributed by atoms with Crippen LogP contribution in [0.15, 0.2) is 60.7 Å². The minimum Gasteiger partial charge on any atom is -0.494 e. The lowest BCUT2D eigenvalue weighted by Gasteiger charge is -2.29. The molecule has 7 heteroatoms. The zero-order valence-electron chi connectivity index (χ0n) is 19.4. The van der Waals surface area contributed by atoms with Gasteiger partial charge in [0.15, 0.2) is 5.13 Å². The molecule has 6 nitrogen and oxygen atoms in total. The van der Waals surface area contributed by atoms with E-state index in [0.717, 1.165) is 70.3 Å². The number of hydrogen-bond acceptors (Lipinski definition) is 6. The first-order valence-corrected chi connectivity index (χ1v) is 12.6. The van der Waals surface area contributed by atoms with Crippen LogP contribution in [0.2, 0.25) is 0 Å². The molecule has 1 amide bonds. The van der Waals surface area contributed by atoms with Gasteiger partial charge in [-0.25, -0.2) is 4.98 Å². The lowest BCUT2D eigenvalue weighted by Crippen LogP contribution is -2.43. The topological polar surface area (TPSA) is 54.9 Å². The van der Waals surface area contributed by atoms with Crippen molar-refractivity contribution < 1.29 is 14.3 Å². The molecule has 0 aliphatic carbocycles. The number of carbonyl (C=O) groups excluding carboxylic acids is 1. The Labute approximate surface area is 203 Å². The molecule has 176 valence electrons. The molecule has 0 bridgehead atoms. The van der Waals surface area contributed by atoms with E-state index in [-0.39, 0.29) is 5.91 Å². The van der Waals surface area contributed by atoms with Crippen molar-refractivity contribution in [2.75, 3.05) is 50.9 Å². The van der Waals surface area contributed by atoms with Crippen molar-refractivity contribution in [2.45, 2.75) is 13.3 Å². The standard InChI is InChI=1S/C27H29N3O3S/c1-2-33-22-10-11-24-25(19-22)34-27(28-24)30(13-12-29-14-16-32-17-15-29)26(31)18-21-8-5-7-20-6-3-4-9-23(20)21/h3-11,19H,2,12-18H2,1H3. The van der Waals surface area contributed by atoms with E-state index in [9.17, 15) is 4.79 Å². The van der Waals surface area contributed by atoms with Gasteiger partial charge < -0.3 is 9.47 Å². The number of thiazole rings is 1. The summed E-state index contributed by atoms with van der Waals surface area (Å²) < 4.78 is 12.2. The maximum Gasteiger partial charge on any atom is 0.233 e. The summed E-state index contributed by atoms with van der Waals surface area (Å²) in [5, 5.41) is 3.01. The van der Waals surface area contributed by atoms with Crippen molar-refractivity contribution >= 4 is 43.4 Å². The molecular weight excluding hydrogens is 446 g/mol. The summed E-state index contributed by atoms with van der Waals surface area (Å²) in [4.78, 5) is 22.7. The Kier molecular flexibility index (Phi) is 7.04. The van der Waals surface area contributed by atoms with E-state index in [4.69, 9.17) is 14.5 Å². The van der Waals surface area contributed by atoms with Gasteiger partial charge in [0.25, 0.3) is 0 Å². The van der Waals surface area contributed by atoms with Crippen LogP contribution in [0.1, 0.15) is 12.5 Å². The molecule has 1 aromatic heterocycles. The molecule has 3 aromatic carbocycles. The molecular formula is C27H29N3O3S. The zero-order chi connectivity index (χ0) is 23.3. The Hall–Kier alpha value is -3.00. The second-order valence-electron chi connectivity index (χ2n) is 8.37. The Balaban J connectivity index is 1.43. The molecule has 5 rings (SSSR count). The van der Waals surface area contributed by atoms with Crippen molar-refractivity contribution in [3.05, 3.63) is 66.2 Å². The highest BCUT2D eigenvalue weighted by Gasteiger charge is 2.22. The number of anilines is 1. The number of carbonyl (C=O) groups is 1. The lowest BCUT2D eigenvalue weighted by atomic mass is 10.0. The van der Waals surface area contributed by atoms with Gasteiger partial charge in [0, 0.05) is 26.2 Å². The molecule has 0 N–H and O–H groups in total. The largest absolute Gasteiger partial charge is 0.494 e. The average molecular weight is 476 g/mol. The molecule has 0 unspecified atom stereocenters. The van der Waals surface area contributed by atoms with Crippen molar-refractivity contribution in [3.63, 3.8) is 0 Å². The second kappa shape index (κ2) is 10.5. The number of aromatic nitrogens is 1. The average Bonchev–Trinajstić information content (AvgIpc) is 3.28. The Morgan fingerprint density at radius 3 is 2.79 bits per heavy atom. The Morgan fingerprint density at radius 1 is 1.12 bits per heavy atom. The van der Waals surface area contributed by atoms with Gasteiger partial charge in [-0.1, -0.05) is 53.8 Å². The Bertz CT molecular complexity index is 1280. The third-order valence-corrected chi connectivity index (χ3v) is 7.20. The highest BCUT2D eigenvalue weighted by atomic mass is 32.1. The molecule has 1 fully saturated rings. The van der Waals surface area contributed by atoms with Gasteiger partial charge in [-0.3, -0.25) is 14.6 Å². The highest BCUT2D eigenvalue weighted by molar-refractivity contribution is 7.22. The van der Waals surface area contributed by atoms with Crippen molar-refractivity contribution in [1.29, 1.82) is 0 Å². The van der Waals surface area contributed by atoms with Gasteiger partial charge in [0.05, 0.1) is 36.5 Å². The summed E-state index contributed by atoms with van der Waals surface area (Å²) in [7, 11) is 0. The summed E-state index contributed by atoms with van der Waals surface area (Å²) in [5.74, 6) is 0.890. The summed E-state index contributed by atoms with van der Waals surface area (Å²) in [6.45, 7) is 7.25. The number of rotatable bonds is 8. The quantitative estimate of drug-likeness (QED) is 0.368. The van der Waals surface area contributed by atoms with Gasteiger partial charge in [-0.2, -0.15) is 0 Å². The summed E-state index contributed by atoms with van der Waals surface area (Å²) in [6, 6.07) is 20.3. The van der Waals surface area contributed by atoms with E-state index >= 15 is 0 Å². The van der Waals surface area contributed by atoms with Gasteiger partial charge >= 0.3 is 0 Å². The fraction of sp³-hybridized carbons (Fsp3) is 0.333. The first kappa shape index (κ1) is 22.8. The van der Waals surface area contributed by atoms with Crippen LogP contribution < -0.4 is 9.64 Å². The van der Waals surface area contributed by atoms with Crippen LogP contribution in [0.5, 0.6) is 5.75 Å². The van der Waals surface area contributed by atoms with Crippen LogP contribution in [0.25, 0.3) is 21.0 Å². The molecule has 1 aliphatic rings. The highest BCUT2D eigenvalue weighted by Crippen LogP contribution is 2.32. The summed E-state index contributed by atoms with van der Waals surface area (Å²) in [6.07, 6.45) is 0.338. The lowest BCUT2D eigenvalue weighted by molar-refractivity contribution is -0.118. The maximum absolute atomic E-state index is 13.7. The summed E-state index contributed by atoms with van der Waals surface area (Å²) >= 11 is 1.55. The van der Waals surface area contributed by atoms with Gasteiger partial charge in [0.1, 0.15) is 5.75 Å². The van der Waals surface area contributed by atoms with Crippen LogP contribution >= 0.6 is 11.3 Å². The van der Waals surface area contributed by atoms with Gasteiger partial charge in [-0.05, 0) is 41.5 Å². The van der Waals surface area contributed by atoms with Crippen LogP contribution in [0.3, 0.4) is 0 Å². The van der Waals surface area contributed by atoms with Gasteiger partial charge in [0.2, 0.25) is 5.91 Å². The third kappa shape index (κ3) is 5.06. The second-order valence-corrected chi connectivity index (χ2v) is 9.38. The van der Waals surface area contributed by atoms with Crippen molar-refractivity contribution in [2.24, 2.45) is 0 Å². The number of hydrogen-bond donors (Lipinski definition) is 0. The molecule has 0 saturated carbocycles. The Morgan fingerprint density at radius 2 is 1.94 bits per heavy atom. The number of morpholine rings is 1. The SMILES string of the molecule is CCOc1ccc2nc(N(CCN3CCOCC3)C(=O)Cc3cccc4ccccc34)sc2c1. The molecule has 2 heterocycles. The number of amides is 1.